The predicted octanol–water partition coefficient (Wildman–Crippen LogP) is 4.04. The molecule has 1 heterocycles. The van der Waals surface area contributed by atoms with Crippen molar-refractivity contribution in [2.45, 2.75) is 57.5 Å². The van der Waals surface area contributed by atoms with E-state index >= 15 is 0 Å². The van der Waals surface area contributed by atoms with Gasteiger partial charge in [-0.25, -0.2) is 0 Å². The van der Waals surface area contributed by atoms with Crippen LogP contribution in [0.25, 0.3) is 0 Å². The Balaban J connectivity index is 2.10. The zero-order chi connectivity index (χ0) is 14.2. The highest BCUT2D eigenvalue weighted by Crippen LogP contribution is 2.48. The van der Waals surface area contributed by atoms with Crippen molar-refractivity contribution in [1.29, 1.82) is 0 Å². The molecule has 110 valence electrons. The molecule has 0 amide bonds. The van der Waals surface area contributed by atoms with E-state index in [1.165, 1.54) is 43.5 Å². The Hall–Kier alpha value is -1.38. The van der Waals surface area contributed by atoms with Crippen molar-refractivity contribution in [3.8, 4) is 5.75 Å². The molecule has 0 atom stereocenters. The fraction of sp³-hybridized carbons (Fsp3) is 0.647. The number of benzene rings is 1. The van der Waals surface area contributed by atoms with Crippen molar-refractivity contribution in [1.82, 2.24) is 0 Å². The van der Waals surface area contributed by atoms with Gasteiger partial charge in [-0.1, -0.05) is 25.3 Å². The van der Waals surface area contributed by atoms with Gasteiger partial charge in [0.15, 0.2) is 0 Å². The van der Waals surface area contributed by atoms with E-state index in [-0.39, 0.29) is 5.54 Å². The van der Waals surface area contributed by atoms with E-state index in [2.05, 4.69) is 42.3 Å². The van der Waals surface area contributed by atoms with Crippen LogP contribution in [0.4, 0.5) is 11.4 Å². The van der Waals surface area contributed by atoms with Crippen LogP contribution in [0.5, 0.6) is 5.75 Å². The number of anilines is 2. The molecule has 1 aliphatic carbocycles. The van der Waals surface area contributed by atoms with Crippen molar-refractivity contribution < 1.29 is 4.74 Å². The summed E-state index contributed by atoms with van der Waals surface area (Å²) in [5.74, 6) is 0.994. The van der Waals surface area contributed by atoms with E-state index in [4.69, 9.17) is 4.74 Å². The fourth-order valence-corrected chi connectivity index (χ4v) is 4.09. The number of fused-ring (bicyclic) bond motifs is 1. The van der Waals surface area contributed by atoms with Gasteiger partial charge in [-0.15, -0.1) is 0 Å². The molecule has 0 unspecified atom stereocenters. The van der Waals surface area contributed by atoms with Crippen LogP contribution >= 0.6 is 0 Å². The van der Waals surface area contributed by atoms with Crippen LogP contribution in [0, 0.1) is 0 Å². The molecule has 2 aliphatic rings. The van der Waals surface area contributed by atoms with Crippen LogP contribution in [0.1, 0.15) is 46.0 Å². The number of hydrogen-bond donors (Lipinski definition) is 1. The second-order valence-electron chi connectivity index (χ2n) is 6.46. The molecule has 0 saturated heterocycles. The average molecular weight is 274 g/mol. The fourth-order valence-electron chi connectivity index (χ4n) is 4.09. The maximum absolute atomic E-state index is 5.65. The number of nitrogens with zero attached hydrogens (tertiary/aromatic N) is 1. The van der Waals surface area contributed by atoms with Crippen molar-refractivity contribution >= 4 is 11.4 Å². The van der Waals surface area contributed by atoms with Crippen LogP contribution in [-0.2, 0) is 0 Å². The molecule has 0 bridgehead atoms. The Bertz CT molecular complexity index is 464. The van der Waals surface area contributed by atoms with Crippen LogP contribution in [0.2, 0.25) is 0 Å². The number of hydrogen-bond acceptors (Lipinski definition) is 3. The van der Waals surface area contributed by atoms with Crippen LogP contribution in [0.15, 0.2) is 18.2 Å². The normalized spacial score (nSPS) is 20.7. The minimum Gasteiger partial charge on any atom is -0.495 e. The van der Waals surface area contributed by atoms with Gasteiger partial charge >= 0.3 is 0 Å². The quantitative estimate of drug-likeness (QED) is 0.881. The maximum Gasteiger partial charge on any atom is 0.144 e. The third-order valence-electron chi connectivity index (χ3n) is 4.88. The van der Waals surface area contributed by atoms with Gasteiger partial charge in [-0.2, -0.15) is 0 Å². The molecular formula is C17H26N2O. The summed E-state index contributed by atoms with van der Waals surface area (Å²) in [6.07, 6.45) is 6.64. The highest BCUT2D eigenvalue weighted by Gasteiger charge is 2.43. The van der Waals surface area contributed by atoms with Gasteiger partial charge in [0.25, 0.3) is 0 Å². The van der Waals surface area contributed by atoms with E-state index in [0.29, 0.717) is 6.04 Å². The van der Waals surface area contributed by atoms with Gasteiger partial charge in [0.2, 0.25) is 0 Å². The first kappa shape index (κ1) is 13.6. The van der Waals surface area contributed by atoms with Gasteiger partial charge in [-0.05, 0) is 38.8 Å². The van der Waals surface area contributed by atoms with Gasteiger partial charge in [-0.3, -0.25) is 0 Å². The Morgan fingerprint density at radius 1 is 1.20 bits per heavy atom. The highest BCUT2D eigenvalue weighted by atomic mass is 16.5. The lowest BCUT2D eigenvalue weighted by molar-refractivity contribution is 0.267. The predicted molar refractivity (Wildman–Crippen MR) is 84.9 cm³/mol. The highest BCUT2D eigenvalue weighted by molar-refractivity contribution is 5.80. The largest absolute Gasteiger partial charge is 0.495 e. The molecule has 1 aromatic rings. The molecule has 1 fully saturated rings. The summed E-state index contributed by atoms with van der Waals surface area (Å²) >= 11 is 0. The smallest absolute Gasteiger partial charge is 0.144 e. The second kappa shape index (κ2) is 5.19. The molecule has 1 aliphatic heterocycles. The van der Waals surface area contributed by atoms with Gasteiger partial charge < -0.3 is 15.0 Å². The van der Waals surface area contributed by atoms with E-state index in [1.807, 2.05) is 0 Å². The summed E-state index contributed by atoms with van der Waals surface area (Å²) in [6.45, 7) is 5.67. The van der Waals surface area contributed by atoms with Gasteiger partial charge in [0, 0.05) is 12.6 Å². The first-order valence-corrected chi connectivity index (χ1v) is 7.88. The molecule has 1 N–H and O–H groups in total. The summed E-state index contributed by atoms with van der Waals surface area (Å²) in [5.41, 5.74) is 2.75. The zero-order valence-corrected chi connectivity index (χ0v) is 12.9. The molecule has 3 rings (SSSR count). The topological polar surface area (TPSA) is 24.5 Å². The molecule has 0 radical (unpaired) electrons. The minimum atomic E-state index is 0.272. The number of para-hydroxylation sites is 1. The van der Waals surface area contributed by atoms with Crippen molar-refractivity contribution in [3.05, 3.63) is 18.2 Å². The lowest BCUT2D eigenvalue weighted by atomic mass is 9.77. The summed E-state index contributed by atoms with van der Waals surface area (Å²) in [6, 6.07) is 6.81. The molecule has 20 heavy (non-hydrogen) atoms. The number of nitrogens with one attached hydrogen (secondary N) is 1. The first-order valence-electron chi connectivity index (χ1n) is 7.88. The standard InChI is InChI=1S/C17H26N2O/c1-13(2)19-16-14(8-7-9-15(16)20-3)18-12-17(19)10-5-4-6-11-17/h7-9,13,18H,4-6,10-12H2,1-3H3. The number of ether oxygens (including phenoxy) is 1. The lowest BCUT2D eigenvalue weighted by Gasteiger charge is -2.53. The Morgan fingerprint density at radius 3 is 2.60 bits per heavy atom. The lowest BCUT2D eigenvalue weighted by Crippen LogP contribution is -2.60. The molecule has 3 nitrogen and oxygen atoms in total. The Kier molecular flexibility index (Phi) is 3.53. The average Bonchev–Trinajstić information content (AvgIpc) is 2.47. The molecule has 0 aromatic heterocycles. The number of methoxy groups -OCH3 is 1. The third kappa shape index (κ3) is 2.04. The van der Waals surface area contributed by atoms with E-state index < -0.39 is 0 Å². The van der Waals surface area contributed by atoms with Crippen LogP contribution < -0.4 is 15.0 Å². The SMILES string of the molecule is COc1cccc2c1N(C(C)C)C1(CCCCC1)CN2. The second-order valence-corrected chi connectivity index (χ2v) is 6.46. The summed E-state index contributed by atoms with van der Waals surface area (Å²) in [5, 5.41) is 3.66. The summed E-state index contributed by atoms with van der Waals surface area (Å²) in [7, 11) is 1.77. The van der Waals surface area contributed by atoms with Crippen LogP contribution in [-0.4, -0.2) is 25.2 Å². The minimum absolute atomic E-state index is 0.272. The maximum atomic E-state index is 5.65. The van der Waals surface area contributed by atoms with E-state index in [1.54, 1.807) is 7.11 Å². The summed E-state index contributed by atoms with van der Waals surface area (Å²) in [4.78, 5) is 2.64. The number of rotatable bonds is 2. The molecule has 1 aromatic carbocycles. The molecule has 1 spiro atoms. The van der Waals surface area contributed by atoms with Crippen molar-refractivity contribution in [3.63, 3.8) is 0 Å². The molecule has 3 heteroatoms. The van der Waals surface area contributed by atoms with Gasteiger partial charge in [0.05, 0.1) is 18.3 Å². The van der Waals surface area contributed by atoms with E-state index in [9.17, 15) is 0 Å². The zero-order valence-electron chi connectivity index (χ0n) is 12.9. The first-order chi connectivity index (χ1) is 9.68. The van der Waals surface area contributed by atoms with E-state index in [0.717, 1.165) is 12.3 Å². The summed E-state index contributed by atoms with van der Waals surface area (Å²) < 4.78 is 5.65. The third-order valence-corrected chi connectivity index (χ3v) is 4.88. The molecular weight excluding hydrogens is 248 g/mol. The Labute approximate surface area is 122 Å². The van der Waals surface area contributed by atoms with Crippen LogP contribution in [0.3, 0.4) is 0 Å². The van der Waals surface area contributed by atoms with Crippen molar-refractivity contribution in [2.75, 3.05) is 23.9 Å². The van der Waals surface area contributed by atoms with Crippen molar-refractivity contribution in [2.24, 2.45) is 0 Å². The Morgan fingerprint density at radius 2 is 1.95 bits per heavy atom. The van der Waals surface area contributed by atoms with Gasteiger partial charge in [0.1, 0.15) is 11.4 Å². The molecule has 1 saturated carbocycles. The monoisotopic (exact) mass is 274 g/mol.